The Balaban J connectivity index is 1.66. The third kappa shape index (κ3) is 7.06. The van der Waals surface area contributed by atoms with Crippen molar-refractivity contribution in [3.8, 4) is 11.5 Å². The summed E-state index contributed by atoms with van der Waals surface area (Å²) in [6.45, 7) is 10.8. The van der Waals surface area contributed by atoms with Crippen molar-refractivity contribution >= 4 is 17.8 Å². The van der Waals surface area contributed by atoms with E-state index in [0.29, 0.717) is 37.2 Å². The van der Waals surface area contributed by atoms with Crippen LogP contribution in [0.15, 0.2) is 36.0 Å². The maximum Gasteiger partial charge on any atom is 0.423 e. The van der Waals surface area contributed by atoms with E-state index in [9.17, 15) is 9.59 Å². The van der Waals surface area contributed by atoms with Gasteiger partial charge in [0.25, 0.3) is 0 Å². The maximum atomic E-state index is 12.2. The Morgan fingerprint density at radius 1 is 1.27 bits per heavy atom. The molecule has 2 heterocycles. The van der Waals surface area contributed by atoms with E-state index < -0.39 is 17.8 Å². The van der Waals surface area contributed by atoms with Crippen LogP contribution in [0.5, 0.6) is 11.5 Å². The number of hydrazine groups is 1. The van der Waals surface area contributed by atoms with Gasteiger partial charge in [-0.3, -0.25) is 5.01 Å². The highest BCUT2D eigenvalue weighted by Gasteiger charge is 2.25. The molecular weight excluding hydrogens is 426 g/mol. The molecular formula is C24H33N3O6. The van der Waals surface area contributed by atoms with Crippen LogP contribution >= 0.6 is 0 Å². The summed E-state index contributed by atoms with van der Waals surface area (Å²) in [5.41, 5.74) is 4.70. The van der Waals surface area contributed by atoms with Crippen LogP contribution in [0.25, 0.3) is 5.57 Å². The monoisotopic (exact) mass is 459 g/mol. The van der Waals surface area contributed by atoms with Gasteiger partial charge in [0.15, 0.2) is 0 Å². The van der Waals surface area contributed by atoms with E-state index in [2.05, 4.69) is 24.6 Å². The van der Waals surface area contributed by atoms with Crippen LogP contribution in [-0.4, -0.2) is 53.7 Å². The van der Waals surface area contributed by atoms with Gasteiger partial charge in [-0.05, 0) is 62.5 Å². The molecule has 2 aliphatic heterocycles. The van der Waals surface area contributed by atoms with Gasteiger partial charge in [-0.25, -0.2) is 15.0 Å². The average Bonchev–Trinajstić information content (AvgIpc) is 2.69. The Bertz CT molecular complexity index is 948. The number of fused-ring (bicyclic) bond motifs is 2. The predicted molar refractivity (Wildman–Crippen MR) is 124 cm³/mol. The maximum absolute atomic E-state index is 12.2. The van der Waals surface area contributed by atoms with Crippen molar-refractivity contribution in [3.05, 3.63) is 41.6 Å². The number of amides is 2. The van der Waals surface area contributed by atoms with Gasteiger partial charge in [0.05, 0.1) is 12.6 Å². The zero-order chi connectivity index (χ0) is 24.2. The van der Waals surface area contributed by atoms with Crippen molar-refractivity contribution in [2.24, 2.45) is 5.92 Å². The Morgan fingerprint density at radius 2 is 2.03 bits per heavy atom. The lowest BCUT2D eigenvalue weighted by Crippen LogP contribution is -2.42. The largest absolute Gasteiger partial charge is 0.491 e. The molecule has 3 N–H and O–H groups in total. The summed E-state index contributed by atoms with van der Waals surface area (Å²) < 4.78 is 17.3. The fraction of sp³-hybridized carbons (Fsp3) is 0.500. The van der Waals surface area contributed by atoms with Crippen molar-refractivity contribution in [1.82, 2.24) is 15.8 Å². The summed E-state index contributed by atoms with van der Waals surface area (Å²) in [6, 6.07) is 5.39. The van der Waals surface area contributed by atoms with E-state index in [1.807, 2.05) is 45.0 Å². The van der Waals surface area contributed by atoms with Gasteiger partial charge in [-0.1, -0.05) is 13.8 Å². The molecule has 180 valence electrons. The topological polar surface area (TPSA) is 109 Å². The van der Waals surface area contributed by atoms with Crippen molar-refractivity contribution in [3.63, 3.8) is 0 Å². The van der Waals surface area contributed by atoms with Crippen molar-refractivity contribution < 1.29 is 28.9 Å². The van der Waals surface area contributed by atoms with E-state index in [-0.39, 0.29) is 6.04 Å². The molecule has 0 radical (unpaired) electrons. The molecule has 0 aliphatic carbocycles. The third-order valence-electron chi connectivity index (χ3n) is 5.00. The molecule has 1 aromatic carbocycles. The number of benzene rings is 1. The summed E-state index contributed by atoms with van der Waals surface area (Å²) in [7, 11) is 0. The molecule has 0 aromatic heterocycles. The van der Waals surface area contributed by atoms with Crippen LogP contribution in [0.2, 0.25) is 0 Å². The second-order valence-corrected chi connectivity index (χ2v) is 9.59. The highest BCUT2D eigenvalue weighted by Crippen LogP contribution is 2.37. The lowest BCUT2D eigenvalue weighted by Gasteiger charge is -2.31. The molecule has 0 saturated carbocycles. The molecule has 0 fully saturated rings. The number of alkyl carbamates (subject to hydrolysis) is 1. The highest BCUT2D eigenvalue weighted by molar-refractivity contribution is 5.79. The van der Waals surface area contributed by atoms with Crippen LogP contribution < -0.4 is 20.2 Å². The number of nitrogens with one attached hydrogen (secondary N) is 2. The smallest absolute Gasteiger partial charge is 0.423 e. The van der Waals surface area contributed by atoms with Gasteiger partial charge in [-0.2, -0.15) is 0 Å². The minimum absolute atomic E-state index is 0.203. The minimum Gasteiger partial charge on any atom is -0.491 e. The standard InChI is InChI=1S/C24H33N3O6/c1-15(2)10-17(25-23(30)33-24(3,4)5)14-31-18-6-7-19-20-12-27(26-22(28)29)9-8-16(20)13-32-21(19)11-18/h6-9,11,15,17,26H,10,12-14H2,1-5H3,(H,25,30)(H,28,29). The molecule has 1 aromatic rings. The second-order valence-electron chi connectivity index (χ2n) is 9.59. The SMILES string of the molecule is CC(C)CC(COc1ccc2c(c1)OCC1=C2CN(NC(=O)O)C=C1)NC(=O)OC(C)(C)C. The molecule has 1 atom stereocenters. The molecule has 9 heteroatoms. The van der Waals surface area contributed by atoms with Crippen molar-refractivity contribution in [1.29, 1.82) is 0 Å². The fourth-order valence-electron chi connectivity index (χ4n) is 3.72. The first-order valence-corrected chi connectivity index (χ1v) is 11.1. The number of carbonyl (C=O) groups is 2. The summed E-state index contributed by atoms with van der Waals surface area (Å²) >= 11 is 0. The third-order valence-corrected chi connectivity index (χ3v) is 5.00. The molecule has 0 spiro atoms. The molecule has 0 saturated heterocycles. The fourth-order valence-corrected chi connectivity index (χ4v) is 3.72. The van der Waals surface area contributed by atoms with Gasteiger partial charge in [0, 0.05) is 17.8 Å². The minimum atomic E-state index is -1.12. The Morgan fingerprint density at radius 3 is 2.70 bits per heavy atom. The first kappa shape index (κ1) is 24.3. The number of carboxylic acid groups (broad SMARTS) is 1. The number of ether oxygens (including phenoxy) is 3. The zero-order valence-electron chi connectivity index (χ0n) is 19.8. The van der Waals surface area contributed by atoms with E-state index in [4.69, 9.17) is 19.3 Å². The quantitative estimate of drug-likeness (QED) is 0.562. The van der Waals surface area contributed by atoms with E-state index in [1.165, 1.54) is 5.01 Å². The molecule has 2 amide bonds. The van der Waals surface area contributed by atoms with Gasteiger partial charge < -0.3 is 24.6 Å². The van der Waals surface area contributed by atoms with Crippen LogP contribution in [0.1, 0.15) is 46.6 Å². The normalized spacial score (nSPS) is 15.9. The van der Waals surface area contributed by atoms with Gasteiger partial charge in [0.1, 0.15) is 30.3 Å². The molecule has 0 bridgehead atoms. The van der Waals surface area contributed by atoms with Gasteiger partial charge in [-0.15, -0.1) is 0 Å². The second kappa shape index (κ2) is 10.1. The first-order valence-electron chi connectivity index (χ1n) is 11.1. The summed E-state index contributed by atoms with van der Waals surface area (Å²) in [5, 5.41) is 13.4. The Hall–Kier alpha value is -3.36. The number of carbonyl (C=O) groups excluding carboxylic acids is 1. The molecule has 1 unspecified atom stereocenters. The molecule has 33 heavy (non-hydrogen) atoms. The van der Waals surface area contributed by atoms with Crippen molar-refractivity contribution in [2.45, 2.75) is 52.7 Å². The molecule has 9 nitrogen and oxygen atoms in total. The van der Waals surface area contributed by atoms with E-state index >= 15 is 0 Å². The van der Waals surface area contributed by atoms with Crippen LogP contribution in [0.4, 0.5) is 9.59 Å². The predicted octanol–water partition coefficient (Wildman–Crippen LogP) is 4.16. The number of nitrogens with zero attached hydrogens (tertiary/aromatic N) is 1. The first-order chi connectivity index (χ1) is 15.5. The van der Waals surface area contributed by atoms with Crippen molar-refractivity contribution in [2.75, 3.05) is 19.8 Å². The lowest BCUT2D eigenvalue weighted by atomic mass is 9.95. The summed E-state index contributed by atoms with van der Waals surface area (Å²) in [5.74, 6) is 1.68. The lowest BCUT2D eigenvalue weighted by molar-refractivity contribution is 0.0480. The zero-order valence-corrected chi connectivity index (χ0v) is 19.8. The average molecular weight is 460 g/mol. The Kier molecular flexibility index (Phi) is 7.40. The van der Waals surface area contributed by atoms with E-state index in [1.54, 1.807) is 6.20 Å². The summed E-state index contributed by atoms with van der Waals surface area (Å²) in [4.78, 5) is 23.2. The summed E-state index contributed by atoms with van der Waals surface area (Å²) in [6.07, 6.45) is 2.70. The van der Waals surface area contributed by atoms with Crippen LogP contribution in [-0.2, 0) is 4.74 Å². The van der Waals surface area contributed by atoms with E-state index in [0.717, 1.165) is 23.1 Å². The van der Waals surface area contributed by atoms with Crippen LogP contribution in [0.3, 0.4) is 0 Å². The van der Waals surface area contributed by atoms with Crippen LogP contribution in [0, 0.1) is 5.92 Å². The van der Waals surface area contributed by atoms with Gasteiger partial charge in [0.2, 0.25) is 0 Å². The molecule has 2 aliphatic rings. The highest BCUT2D eigenvalue weighted by atomic mass is 16.6. The number of rotatable bonds is 7. The Labute approximate surface area is 194 Å². The van der Waals surface area contributed by atoms with Gasteiger partial charge >= 0.3 is 12.2 Å². The number of hydrogen-bond donors (Lipinski definition) is 3. The number of hydrogen-bond acceptors (Lipinski definition) is 6. The molecule has 3 rings (SSSR count).